The van der Waals surface area contributed by atoms with E-state index in [0.717, 1.165) is 35.2 Å². The van der Waals surface area contributed by atoms with Crippen molar-refractivity contribution in [2.24, 2.45) is 0 Å². The van der Waals surface area contributed by atoms with Crippen LogP contribution in [0.3, 0.4) is 0 Å². The number of aromatic amines is 1. The van der Waals surface area contributed by atoms with Gasteiger partial charge in [0.25, 0.3) is 5.56 Å². The normalized spacial score (nSPS) is 12.0. The molecular formula is C26H27N3O2S2. The van der Waals surface area contributed by atoms with Gasteiger partial charge in [0.2, 0.25) is 5.91 Å². The van der Waals surface area contributed by atoms with Crippen molar-refractivity contribution in [3.8, 4) is 11.1 Å². The van der Waals surface area contributed by atoms with Crippen LogP contribution in [0.15, 0.2) is 70.8 Å². The lowest BCUT2D eigenvalue weighted by atomic mass is 10.1. The minimum atomic E-state index is -0.219. The number of H-pyrrole nitrogens is 1. The second-order valence-corrected chi connectivity index (χ2v) is 10.1. The second kappa shape index (κ2) is 11.3. The highest BCUT2D eigenvalue weighted by molar-refractivity contribution is 7.99. The van der Waals surface area contributed by atoms with Crippen LogP contribution in [0.5, 0.6) is 0 Å². The van der Waals surface area contributed by atoms with E-state index < -0.39 is 0 Å². The lowest BCUT2D eigenvalue weighted by molar-refractivity contribution is -0.120. The summed E-state index contributed by atoms with van der Waals surface area (Å²) in [6.45, 7) is 2.56. The van der Waals surface area contributed by atoms with Crippen LogP contribution in [0.4, 0.5) is 0 Å². The standard InChI is InChI=1S/C26H27N3O2S2/c1-18(24(30)27-15-9-8-12-19-10-4-2-5-11-19)32-17-22-28-25(31)23-21(16-33-26(23)29-22)20-13-6-3-7-14-20/h2-7,10-11,13-14,16,18H,8-9,12,15,17H2,1H3,(H,27,30)(H,28,29,31). The molecule has 0 radical (unpaired) electrons. The maximum Gasteiger partial charge on any atom is 0.260 e. The zero-order valence-electron chi connectivity index (χ0n) is 18.5. The highest BCUT2D eigenvalue weighted by atomic mass is 32.2. The number of hydrogen-bond acceptors (Lipinski definition) is 5. The Labute approximate surface area is 201 Å². The van der Waals surface area contributed by atoms with Gasteiger partial charge in [-0.05, 0) is 37.3 Å². The Kier molecular flexibility index (Phi) is 7.96. The molecule has 4 aromatic rings. The molecule has 0 spiro atoms. The molecule has 1 amide bonds. The summed E-state index contributed by atoms with van der Waals surface area (Å²) in [6, 6.07) is 20.2. The number of rotatable bonds is 10. The van der Waals surface area contributed by atoms with Crippen LogP contribution >= 0.6 is 23.1 Å². The van der Waals surface area contributed by atoms with Crippen molar-refractivity contribution in [1.82, 2.24) is 15.3 Å². The zero-order chi connectivity index (χ0) is 23.0. The third-order valence-electron chi connectivity index (χ3n) is 5.45. The van der Waals surface area contributed by atoms with Gasteiger partial charge in [0.1, 0.15) is 10.7 Å². The van der Waals surface area contributed by atoms with Crippen molar-refractivity contribution < 1.29 is 4.79 Å². The Morgan fingerprint density at radius 2 is 1.82 bits per heavy atom. The van der Waals surface area contributed by atoms with Gasteiger partial charge in [-0.15, -0.1) is 23.1 Å². The molecule has 0 bridgehead atoms. The summed E-state index contributed by atoms with van der Waals surface area (Å²) in [4.78, 5) is 33.4. The highest BCUT2D eigenvalue weighted by Crippen LogP contribution is 2.30. The van der Waals surface area contributed by atoms with Gasteiger partial charge in [0, 0.05) is 17.5 Å². The number of hydrogen-bond donors (Lipinski definition) is 2. The van der Waals surface area contributed by atoms with E-state index in [1.54, 1.807) is 0 Å². The summed E-state index contributed by atoms with van der Waals surface area (Å²) in [7, 11) is 0. The molecule has 0 fully saturated rings. The number of fused-ring (bicyclic) bond motifs is 1. The number of benzene rings is 2. The smallest absolute Gasteiger partial charge is 0.260 e. The molecule has 0 saturated heterocycles. The molecule has 4 rings (SSSR count). The molecule has 5 nitrogen and oxygen atoms in total. The molecule has 0 saturated carbocycles. The minimum Gasteiger partial charge on any atom is -0.355 e. The van der Waals surface area contributed by atoms with Crippen LogP contribution in [-0.2, 0) is 17.0 Å². The summed E-state index contributed by atoms with van der Waals surface area (Å²) < 4.78 is 0. The van der Waals surface area contributed by atoms with E-state index >= 15 is 0 Å². The number of nitrogens with zero attached hydrogens (tertiary/aromatic N) is 1. The highest BCUT2D eigenvalue weighted by Gasteiger charge is 2.16. The van der Waals surface area contributed by atoms with Gasteiger partial charge in [-0.3, -0.25) is 9.59 Å². The van der Waals surface area contributed by atoms with E-state index in [9.17, 15) is 9.59 Å². The first-order valence-electron chi connectivity index (χ1n) is 11.1. The average Bonchev–Trinajstić information content (AvgIpc) is 3.28. The fourth-order valence-electron chi connectivity index (χ4n) is 3.63. The van der Waals surface area contributed by atoms with Crippen molar-refractivity contribution in [3.63, 3.8) is 0 Å². The zero-order valence-corrected chi connectivity index (χ0v) is 20.2. The molecule has 2 N–H and O–H groups in total. The van der Waals surface area contributed by atoms with Gasteiger partial charge in [-0.2, -0.15) is 0 Å². The number of carbonyl (C=O) groups is 1. The molecule has 1 atom stereocenters. The van der Waals surface area contributed by atoms with Gasteiger partial charge < -0.3 is 10.3 Å². The van der Waals surface area contributed by atoms with Crippen molar-refractivity contribution in [1.29, 1.82) is 0 Å². The molecule has 2 aromatic heterocycles. The summed E-state index contributed by atoms with van der Waals surface area (Å²) in [6.07, 6.45) is 3.02. The number of amides is 1. The fraction of sp³-hybridized carbons (Fsp3) is 0.269. The van der Waals surface area contributed by atoms with Gasteiger partial charge >= 0.3 is 0 Å². The first kappa shape index (κ1) is 23.3. The third-order valence-corrected chi connectivity index (χ3v) is 7.48. The number of unbranched alkanes of at least 4 members (excludes halogenated alkanes) is 1. The maximum atomic E-state index is 12.8. The van der Waals surface area contributed by atoms with Crippen molar-refractivity contribution in [2.45, 2.75) is 37.2 Å². The molecular weight excluding hydrogens is 450 g/mol. The van der Waals surface area contributed by atoms with E-state index in [2.05, 4.69) is 39.6 Å². The maximum absolute atomic E-state index is 12.8. The number of aromatic nitrogens is 2. The minimum absolute atomic E-state index is 0.0191. The van der Waals surface area contributed by atoms with Gasteiger partial charge in [0.05, 0.1) is 16.4 Å². The van der Waals surface area contributed by atoms with Crippen LogP contribution in [0.2, 0.25) is 0 Å². The average molecular weight is 478 g/mol. The van der Waals surface area contributed by atoms with Crippen molar-refractivity contribution in [3.05, 3.63) is 87.8 Å². The van der Waals surface area contributed by atoms with Crippen LogP contribution in [0, 0.1) is 0 Å². The summed E-state index contributed by atoms with van der Waals surface area (Å²) in [5.74, 6) is 1.10. The summed E-state index contributed by atoms with van der Waals surface area (Å²) in [5, 5.41) is 5.40. The lowest BCUT2D eigenvalue weighted by Crippen LogP contribution is -2.31. The Morgan fingerprint density at radius 3 is 2.58 bits per heavy atom. The van der Waals surface area contributed by atoms with E-state index in [1.807, 2.05) is 48.7 Å². The molecule has 0 aliphatic heterocycles. The quantitative estimate of drug-likeness (QED) is 0.299. The van der Waals surface area contributed by atoms with E-state index in [1.165, 1.54) is 28.7 Å². The summed E-state index contributed by atoms with van der Waals surface area (Å²) >= 11 is 2.95. The van der Waals surface area contributed by atoms with E-state index in [0.29, 0.717) is 23.5 Å². The predicted octanol–water partition coefficient (Wildman–Crippen LogP) is 5.41. The molecule has 33 heavy (non-hydrogen) atoms. The van der Waals surface area contributed by atoms with E-state index in [-0.39, 0.29) is 16.7 Å². The monoisotopic (exact) mass is 477 g/mol. The van der Waals surface area contributed by atoms with Gasteiger partial charge in [-0.25, -0.2) is 4.98 Å². The van der Waals surface area contributed by atoms with Crippen LogP contribution in [0.1, 0.15) is 31.2 Å². The summed E-state index contributed by atoms with van der Waals surface area (Å²) in [5.41, 5.74) is 3.11. The SMILES string of the molecule is CC(SCc1nc2scc(-c3ccccc3)c2c(=O)[nH]1)C(=O)NCCCCc1ccccc1. The van der Waals surface area contributed by atoms with Crippen LogP contribution < -0.4 is 10.9 Å². The first-order valence-corrected chi connectivity index (χ1v) is 13.0. The van der Waals surface area contributed by atoms with Crippen molar-refractivity contribution in [2.75, 3.05) is 6.54 Å². The Hall–Kier alpha value is -2.90. The van der Waals surface area contributed by atoms with Crippen LogP contribution in [-0.4, -0.2) is 27.7 Å². The molecule has 2 aromatic carbocycles. The number of nitrogens with one attached hydrogen (secondary N) is 2. The van der Waals surface area contributed by atoms with E-state index in [4.69, 9.17) is 0 Å². The fourth-order valence-corrected chi connectivity index (χ4v) is 5.37. The number of aryl methyl sites for hydroxylation is 1. The first-order chi connectivity index (χ1) is 16.1. The van der Waals surface area contributed by atoms with Gasteiger partial charge in [-0.1, -0.05) is 60.7 Å². The van der Waals surface area contributed by atoms with Gasteiger partial charge in [0.15, 0.2) is 0 Å². The number of thiophene rings is 1. The number of carbonyl (C=O) groups excluding carboxylic acids is 1. The molecule has 0 aliphatic carbocycles. The molecule has 1 unspecified atom stereocenters. The third kappa shape index (κ3) is 6.12. The van der Waals surface area contributed by atoms with Crippen LogP contribution in [0.25, 0.3) is 21.3 Å². The second-order valence-electron chi connectivity index (χ2n) is 7.90. The Morgan fingerprint density at radius 1 is 1.09 bits per heavy atom. The molecule has 7 heteroatoms. The largest absolute Gasteiger partial charge is 0.355 e. The molecule has 2 heterocycles. The van der Waals surface area contributed by atoms with Crippen molar-refractivity contribution >= 4 is 39.2 Å². The predicted molar refractivity (Wildman–Crippen MR) is 139 cm³/mol. The Bertz CT molecular complexity index is 1250. The topological polar surface area (TPSA) is 74.8 Å². The molecule has 170 valence electrons. The Balaban J connectivity index is 1.27. The number of thioether (sulfide) groups is 1. The lowest BCUT2D eigenvalue weighted by Gasteiger charge is -2.12. The molecule has 0 aliphatic rings.